The van der Waals surface area contributed by atoms with Gasteiger partial charge in [-0.25, -0.2) is 0 Å². The Hall–Kier alpha value is -2.02. The van der Waals surface area contributed by atoms with Gasteiger partial charge in [-0.15, -0.1) is 11.8 Å². The van der Waals surface area contributed by atoms with E-state index in [4.69, 9.17) is 10.5 Å². The van der Waals surface area contributed by atoms with E-state index < -0.39 is 4.75 Å². The van der Waals surface area contributed by atoms with Gasteiger partial charge in [-0.05, 0) is 69.5 Å². The first-order valence-corrected chi connectivity index (χ1v) is 9.82. The summed E-state index contributed by atoms with van der Waals surface area (Å²) in [4.78, 5) is 21.2. The molecule has 0 aromatic heterocycles. The molecule has 0 radical (unpaired) electrons. The molecule has 1 aliphatic rings. The van der Waals surface area contributed by atoms with Gasteiger partial charge in [-0.2, -0.15) is 4.99 Å². The van der Waals surface area contributed by atoms with Crippen molar-refractivity contribution in [2.75, 3.05) is 19.4 Å². The molecule has 0 saturated heterocycles. The number of amidine groups is 1. The quantitative estimate of drug-likeness (QED) is 0.566. The highest BCUT2D eigenvalue weighted by Gasteiger charge is 2.32. The second-order valence-electron chi connectivity index (χ2n) is 6.74. The second-order valence-corrected chi connectivity index (χ2v) is 8.38. The van der Waals surface area contributed by atoms with Gasteiger partial charge in [0.15, 0.2) is 5.84 Å². The summed E-state index contributed by atoms with van der Waals surface area (Å²) in [7, 11) is 1.62. The lowest BCUT2D eigenvalue weighted by Gasteiger charge is -2.22. The molecule has 0 aliphatic heterocycles. The van der Waals surface area contributed by atoms with Crippen LogP contribution in [0.1, 0.15) is 39.2 Å². The van der Waals surface area contributed by atoms with Crippen LogP contribution in [0.3, 0.4) is 0 Å². The number of nitrogens with two attached hydrogens (primary N) is 1. The van der Waals surface area contributed by atoms with Crippen molar-refractivity contribution in [1.82, 2.24) is 5.32 Å². The molecule has 2 rings (SSSR count). The average Bonchev–Trinajstić information content (AvgIpc) is 3.44. The van der Waals surface area contributed by atoms with E-state index in [2.05, 4.69) is 15.3 Å². The van der Waals surface area contributed by atoms with E-state index in [1.807, 2.05) is 45.0 Å². The fraction of sp³-hybridized carbons (Fsp3) is 0.526. The van der Waals surface area contributed by atoms with Gasteiger partial charge in [-0.1, -0.05) is 0 Å². The minimum Gasteiger partial charge on any atom is -0.497 e. The molecule has 0 heterocycles. The normalized spacial score (nSPS) is 15.7. The van der Waals surface area contributed by atoms with Crippen LogP contribution in [0.4, 0.5) is 0 Å². The lowest BCUT2D eigenvalue weighted by atomic mass is 10.2. The number of thioether (sulfide) groups is 1. The van der Waals surface area contributed by atoms with E-state index in [-0.39, 0.29) is 11.9 Å². The number of hydrogen-bond donors (Lipinski definition) is 2. The zero-order chi connectivity index (χ0) is 19.2. The predicted molar refractivity (Wildman–Crippen MR) is 109 cm³/mol. The average molecular weight is 377 g/mol. The highest BCUT2D eigenvalue weighted by atomic mass is 32.2. The molecule has 1 aliphatic carbocycles. The van der Waals surface area contributed by atoms with Crippen molar-refractivity contribution in [2.24, 2.45) is 21.6 Å². The van der Waals surface area contributed by atoms with Crippen LogP contribution in [-0.2, 0) is 4.79 Å². The van der Waals surface area contributed by atoms with Gasteiger partial charge in [0.25, 0.3) is 0 Å². The fourth-order valence-electron chi connectivity index (χ4n) is 2.17. The molecule has 1 aromatic carbocycles. The van der Waals surface area contributed by atoms with E-state index >= 15 is 0 Å². The third-order valence-electron chi connectivity index (χ3n) is 4.05. The Balaban J connectivity index is 2.05. The largest absolute Gasteiger partial charge is 0.497 e. The van der Waals surface area contributed by atoms with E-state index in [1.54, 1.807) is 18.9 Å². The van der Waals surface area contributed by atoms with Crippen LogP contribution < -0.4 is 15.8 Å². The topological polar surface area (TPSA) is 89.1 Å². The summed E-state index contributed by atoms with van der Waals surface area (Å²) in [6.45, 7) is 6.31. The van der Waals surface area contributed by atoms with Gasteiger partial charge >= 0.3 is 0 Å². The SMILES string of the molecule is CCN=C(N=C(N)NC(=O)C(C)(C)SCC1CC1)c1ccc(OC)cc1. The summed E-state index contributed by atoms with van der Waals surface area (Å²) in [5.74, 6) is 2.91. The number of ether oxygens (including phenoxy) is 1. The number of aliphatic imine (C=N–C) groups is 2. The number of carbonyl (C=O) groups is 1. The molecule has 142 valence electrons. The lowest BCUT2D eigenvalue weighted by molar-refractivity contribution is -0.121. The first-order valence-electron chi connectivity index (χ1n) is 8.84. The van der Waals surface area contributed by atoms with E-state index in [0.717, 1.165) is 23.0 Å². The Morgan fingerprint density at radius 1 is 1.35 bits per heavy atom. The predicted octanol–water partition coefficient (Wildman–Crippen LogP) is 2.81. The number of guanidine groups is 1. The van der Waals surface area contributed by atoms with Gasteiger partial charge in [0.1, 0.15) is 5.75 Å². The summed E-state index contributed by atoms with van der Waals surface area (Å²) >= 11 is 1.66. The van der Waals surface area contributed by atoms with Crippen LogP contribution in [-0.4, -0.2) is 41.9 Å². The summed E-state index contributed by atoms with van der Waals surface area (Å²) in [5.41, 5.74) is 6.78. The molecule has 0 spiro atoms. The van der Waals surface area contributed by atoms with Crippen molar-refractivity contribution in [1.29, 1.82) is 0 Å². The minimum absolute atomic E-state index is 0.0538. The zero-order valence-electron chi connectivity index (χ0n) is 15.9. The van der Waals surface area contributed by atoms with Crippen LogP contribution >= 0.6 is 11.8 Å². The second kappa shape index (κ2) is 9.07. The van der Waals surface area contributed by atoms with Crippen LogP contribution in [0.2, 0.25) is 0 Å². The Labute approximate surface area is 159 Å². The molecule has 6 nitrogen and oxygen atoms in total. The van der Waals surface area contributed by atoms with E-state index in [0.29, 0.717) is 12.4 Å². The number of methoxy groups -OCH3 is 1. The molecule has 3 N–H and O–H groups in total. The molecular formula is C19H28N4O2S. The molecule has 0 unspecified atom stereocenters. The highest BCUT2D eigenvalue weighted by Crippen LogP contribution is 2.37. The Morgan fingerprint density at radius 3 is 2.54 bits per heavy atom. The molecule has 0 bridgehead atoms. The van der Waals surface area contributed by atoms with Crippen LogP contribution in [0.25, 0.3) is 0 Å². The van der Waals surface area contributed by atoms with Crippen LogP contribution in [0.15, 0.2) is 34.3 Å². The number of amides is 1. The number of rotatable bonds is 7. The maximum Gasteiger partial charge on any atom is 0.242 e. The van der Waals surface area contributed by atoms with E-state index in [1.165, 1.54) is 12.8 Å². The summed E-state index contributed by atoms with van der Waals surface area (Å²) in [6, 6.07) is 7.40. The fourth-order valence-corrected chi connectivity index (χ4v) is 3.33. The number of carbonyl (C=O) groups excluding carboxylic acids is 1. The molecule has 1 saturated carbocycles. The maximum atomic E-state index is 12.5. The number of benzene rings is 1. The molecule has 26 heavy (non-hydrogen) atoms. The summed E-state index contributed by atoms with van der Waals surface area (Å²) in [5, 5.41) is 2.71. The lowest BCUT2D eigenvalue weighted by Crippen LogP contribution is -2.46. The number of nitrogens with zero attached hydrogens (tertiary/aromatic N) is 2. The van der Waals surface area contributed by atoms with Gasteiger partial charge < -0.3 is 10.5 Å². The molecule has 1 aromatic rings. The summed E-state index contributed by atoms with van der Waals surface area (Å²) in [6.07, 6.45) is 2.54. The van der Waals surface area contributed by atoms with E-state index in [9.17, 15) is 4.79 Å². The molecule has 0 atom stereocenters. The summed E-state index contributed by atoms with van der Waals surface area (Å²) < 4.78 is 4.61. The van der Waals surface area contributed by atoms with Crippen molar-refractivity contribution in [3.8, 4) is 5.75 Å². The zero-order valence-corrected chi connectivity index (χ0v) is 16.7. The maximum absolute atomic E-state index is 12.5. The first kappa shape index (κ1) is 20.3. The van der Waals surface area contributed by atoms with Crippen molar-refractivity contribution in [2.45, 2.75) is 38.4 Å². The Kier molecular flexibility index (Phi) is 7.08. The first-order chi connectivity index (χ1) is 12.4. The minimum atomic E-state index is -0.551. The van der Waals surface area contributed by atoms with Crippen LogP contribution in [0, 0.1) is 5.92 Å². The van der Waals surface area contributed by atoms with Crippen molar-refractivity contribution >= 4 is 29.5 Å². The third-order valence-corrected chi connectivity index (χ3v) is 5.59. The third kappa shape index (κ3) is 6.05. The number of hydrogen-bond acceptors (Lipinski definition) is 4. The Morgan fingerprint density at radius 2 is 2.00 bits per heavy atom. The van der Waals surface area contributed by atoms with Gasteiger partial charge in [0, 0.05) is 12.1 Å². The molecular weight excluding hydrogens is 348 g/mol. The molecule has 7 heteroatoms. The van der Waals surface area contributed by atoms with Crippen molar-refractivity contribution in [3.05, 3.63) is 29.8 Å². The van der Waals surface area contributed by atoms with Crippen molar-refractivity contribution in [3.63, 3.8) is 0 Å². The number of nitrogens with one attached hydrogen (secondary N) is 1. The van der Waals surface area contributed by atoms with Gasteiger partial charge in [0.05, 0.1) is 11.9 Å². The monoisotopic (exact) mass is 376 g/mol. The highest BCUT2D eigenvalue weighted by molar-refractivity contribution is 8.01. The molecule has 1 fully saturated rings. The van der Waals surface area contributed by atoms with Crippen LogP contribution in [0.5, 0.6) is 5.75 Å². The van der Waals surface area contributed by atoms with Gasteiger partial charge in [-0.3, -0.25) is 15.1 Å². The van der Waals surface area contributed by atoms with Crippen molar-refractivity contribution < 1.29 is 9.53 Å². The smallest absolute Gasteiger partial charge is 0.242 e. The molecule has 1 amide bonds. The Bertz CT molecular complexity index is 679. The standard InChI is InChI=1S/C19H28N4O2S/c1-5-21-16(14-8-10-15(25-4)11-9-14)22-18(20)23-17(24)19(2,3)26-12-13-6-7-13/h8-11,13H,5-7,12H2,1-4H3,(H3,20,21,22,23,24). The van der Waals surface area contributed by atoms with Gasteiger partial charge in [0.2, 0.25) is 11.9 Å².